The van der Waals surface area contributed by atoms with Gasteiger partial charge in [0.05, 0.1) is 24.9 Å². The lowest BCUT2D eigenvalue weighted by Gasteiger charge is -2.09. The van der Waals surface area contributed by atoms with Crippen LogP contribution in [0.2, 0.25) is 0 Å². The first-order valence-electron chi connectivity index (χ1n) is 5.15. The molecular formula is C10H12N6O2. The van der Waals surface area contributed by atoms with Gasteiger partial charge in [0, 0.05) is 0 Å². The number of amides is 1. The molecule has 0 aliphatic rings. The largest absolute Gasteiger partial charge is 0.495 e. The fraction of sp³-hybridized carbons (Fsp3) is 0.200. The molecule has 0 fully saturated rings. The molecule has 0 aliphatic carbocycles. The van der Waals surface area contributed by atoms with E-state index in [1.165, 1.54) is 7.11 Å². The van der Waals surface area contributed by atoms with Crippen LogP contribution in [0.25, 0.3) is 0 Å². The van der Waals surface area contributed by atoms with E-state index in [0.29, 0.717) is 22.8 Å². The van der Waals surface area contributed by atoms with Crippen LogP contribution in [0.5, 0.6) is 5.75 Å². The number of methoxy groups -OCH3 is 1. The van der Waals surface area contributed by atoms with E-state index >= 15 is 0 Å². The molecule has 1 aromatic carbocycles. The molecule has 1 aromatic heterocycles. The van der Waals surface area contributed by atoms with Gasteiger partial charge < -0.3 is 15.8 Å². The van der Waals surface area contributed by atoms with E-state index in [1.54, 1.807) is 18.2 Å². The lowest BCUT2D eigenvalue weighted by atomic mass is 10.1. The van der Waals surface area contributed by atoms with Gasteiger partial charge in [-0.25, -0.2) is 0 Å². The number of carbonyl (C=O) groups excluding carboxylic acids is 1. The number of aromatic nitrogens is 4. The van der Waals surface area contributed by atoms with Crippen LogP contribution in [0.15, 0.2) is 18.2 Å². The number of nitrogens with one attached hydrogen (secondary N) is 2. The number of nitrogens with two attached hydrogens (primary N) is 1. The van der Waals surface area contributed by atoms with Crippen LogP contribution in [0, 0.1) is 0 Å². The summed E-state index contributed by atoms with van der Waals surface area (Å²) in [5.74, 6) is 0.531. The summed E-state index contributed by atoms with van der Waals surface area (Å²) < 4.78 is 5.04. The van der Waals surface area contributed by atoms with E-state index in [9.17, 15) is 4.79 Å². The number of anilines is 1. The molecule has 0 atom stereocenters. The molecule has 8 heteroatoms. The summed E-state index contributed by atoms with van der Waals surface area (Å²) >= 11 is 0. The molecule has 1 heterocycles. The average molecular weight is 248 g/mol. The third-order valence-electron chi connectivity index (χ3n) is 2.33. The van der Waals surface area contributed by atoms with Crippen molar-refractivity contribution in [2.45, 2.75) is 6.54 Å². The summed E-state index contributed by atoms with van der Waals surface area (Å²) in [6.07, 6.45) is 0. The molecule has 0 aliphatic heterocycles. The third kappa shape index (κ3) is 2.37. The first kappa shape index (κ1) is 11.8. The molecular weight excluding hydrogens is 236 g/mol. The maximum absolute atomic E-state index is 11.9. The van der Waals surface area contributed by atoms with Gasteiger partial charge in [-0.2, -0.15) is 5.21 Å². The highest BCUT2D eigenvalue weighted by Gasteiger charge is 2.13. The maximum Gasteiger partial charge on any atom is 0.253 e. The summed E-state index contributed by atoms with van der Waals surface area (Å²) in [5.41, 5.74) is 6.45. The number of tetrazole rings is 1. The monoisotopic (exact) mass is 248 g/mol. The van der Waals surface area contributed by atoms with Gasteiger partial charge in [-0.1, -0.05) is 11.3 Å². The quantitative estimate of drug-likeness (QED) is 0.640. The Kier molecular flexibility index (Phi) is 3.37. The molecule has 0 saturated heterocycles. The number of benzene rings is 1. The third-order valence-corrected chi connectivity index (χ3v) is 2.33. The number of aromatic amines is 1. The Balaban J connectivity index is 2.09. The molecule has 4 N–H and O–H groups in total. The van der Waals surface area contributed by atoms with Crippen molar-refractivity contribution >= 4 is 11.6 Å². The Morgan fingerprint density at radius 3 is 3.06 bits per heavy atom. The highest BCUT2D eigenvalue weighted by molar-refractivity contribution is 6.00. The number of hydrogen-bond acceptors (Lipinski definition) is 6. The smallest absolute Gasteiger partial charge is 0.253 e. The van der Waals surface area contributed by atoms with Gasteiger partial charge in [0.25, 0.3) is 5.91 Å². The van der Waals surface area contributed by atoms with Crippen molar-refractivity contribution in [3.05, 3.63) is 29.6 Å². The van der Waals surface area contributed by atoms with Gasteiger partial charge >= 0.3 is 0 Å². The Morgan fingerprint density at radius 1 is 1.56 bits per heavy atom. The number of rotatable bonds is 4. The van der Waals surface area contributed by atoms with Crippen LogP contribution in [-0.2, 0) is 6.54 Å². The van der Waals surface area contributed by atoms with Gasteiger partial charge in [-0.3, -0.25) is 4.79 Å². The summed E-state index contributed by atoms with van der Waals surface area (Å²) in [6, 6.07) is 4.99. The number of nitrogens with zero attached hydrogens (tertiary/aromatic N) is 3. The van der Waals surface area contributed by atoms with Gasteiger partial charge in [0.2, 0.25) is 0 Å². The van der Waals surface area contributed by atoms with Crippen LogP contribution < -0.4 is 15.8 Å². The van der Waals surface area contributed by atoms with Crippen molar-refractivity contribution in [2.24, 2.45) is 0 Å². The zero-order valence-corrected chi connectivity index (χ0v) is 9.67. The van der Waals surface area contributed by atoms with Crippen molar-refractivity contribution in [3.63, 3.8) is 0 Å². The summed E-state index contributed by atoms with van der Waals surface area (Å²) in [4.78, 5) is 11.9. The predicted octanol–water partition coefficient (Wildman–Crippen LogP) is -0.280. The van der Waals surface area contributed by atoms with Crippen molar-refractivity contribution in [2.75, 3.05) is 12.8 Å². The van der Waals surface area contributed by atoms with Gasteiger partial charge in [-0.15, -0.1) is 10.2 Å². The Morgan fingerprint density at radius 2 is 2.39 bits per heavy atom. The Bertz CT molecular complexity index is 539. The van der Waals surface area contributed by atoms with Gasteiger partial charge in [0.1, 0.15) is 5.75 Å². The van der Waals surface area contributed by atoms with Crippen molar-refractivity contribution in [1.82, 2.24) is 25.9 Å². The number of carbonyl (C=O) groups is 1. The topological polar surface area (TPSA) is 119 Å². The molecule has 18 heavy (non-hydrogen) atoms. The van der Waals surface area contributed by atoms with E-state index in [4.69, 9.17) is 10.5 Å². The minimum atomic E-state index is -0.323. The Hall–Kier alpha value is -2.64. The molecule has 0 bridgehead atoms. The van der Waals surface area contributed by atoms with Crippen molar-refractivity contribution in [1.29, 1.82) is 0 Å². The molecule has 2 rings (SSSR count). The standard InChI is InChI=1S/C10H12N6O2/c1-18-7-4-2-3-6(9(7)11)10(17)12-5-8-13-15-16-14-8/h2-4H,5,11H2,1H3,(H,12,17)(H,13,14,15,16). The van der Waals surface area contributed by atoms with E-state index in [-0.39, 0.29) is 12.5 Å². The van der Waals surface area contributed by atoms with Crippen molar-refractivity contribution < 1.29 is 9.53 Å². The number of H-pyrrole nitrogens is 1. The van der Waals surface area contributed by atoms with E-state index in [0.717, 1.165) is 0 Å². The molecule has 0 spiro atoms. The zero-order chi connectivity index (χ0) is 13.0. The predicted molar refractivity (Wildman–Crippen MR) is 62.8 cm³/mol. The second-order valence-electron chi connectivity index (χ2n) is 3.43. The molecule has 0 saturated carbocycles. The van der Waals surface area contributed by atoms with Crippen LogP contribution >= 0.6 is 0 Å². The SMILES string of the molecule is COc1cccc(C(=O)NCc2nn[nH]n2)c1N. The van der Waals surface area contributed by atoms with Crippen LogP contribution in [0.3, 0.4) is 0 Å². The molecule has 1 amide bonds. The summed E-state index contributed by atoms with van der Waals surface area (Å²) in [7, 11) is 1.49. The van der Waals surface area contributed by atoms with Crippen LogP contribution in [0.4, 0.5) is 5.69 Å². The Labute approximate surface area is 103 Å². The molecule has 0 radical (unpaired) electrons. The number of hydrogen-bond donors (Lipinski definition) is 3. The molecule has 8 nitrogen and oxygen atoms in total. The minimum absolute atomic E-state index is 0.173. The normalized spacial score (nSPS) is 10.1. The molecule has 94 valence electrons. The fourth-order valence-corrected chi connectivity index (χ4v) is 1.43. The highest BCUT2D eigenvalue weighted by Crippen LogP contribution is 2.24. The van der Waals surface area contributed by atoms with Crippen LogP contribution in [0.1, 0.15) is 16.2 Å². The number of nitrogen functional groups attached to an aromatic ring is 1. The second-order valence-corrected chi connectivity index (χ2v) is 3.43. The summed E-state index contributed by atoms with van der Waals surface area (Å²) in [5, 5.41) is 15.8. The second kappa shape index (κ2) is 5.13. The molecule has 2 aromatic rings. The molecule has 0 unspecified atom stereocenters. The van der Waals surface area contributed by atoms with E-state index in [2.05, 4.69) is 25.9 Å². The first-order chi connectivity index (χ1) is 8.72. The average Bonchev–Trinajstić information content (AvgIpc) is 2.89. The fourth-order valence-electron chi connectivity index (χ4n) is 1.43. The number of para-hydroxylation sites is 1. The van der Waals surface area contributed by atoms with E-state index < -0.39 is 0 Å². The first-order valence-corrected chi connectivity index (χ1v) is 5.15. The maximum atomic E-state index is 11.9. The van der Waals surface area contributed by atoms with Gasteiger partial charge in [0.15, 0.2) is 5.82 Å². The lowest BCUT2D eigenvalue weighted by Crippen LogP contribution is -2.24. The van der Waals surface area contributed by atoms with Gasteiger partial charge in [-0.05, 0) is 12.1 Å². The van der Waals surface area contributed by atoms with E-state index in [1.807, 2.05) is 0 Å². The number of ether oxygens (including phenoxy) is 1. The summed E-state index contributed by atoms with van der Waals surface area (Å²) in [6.45, 7) is 0.173. The zero-order valence-electron chi connectivity index (χ0n) is 9.67. The van der Waals surface area contributed by atoms with Crippen molar-refractivity contribution in [3.8, 4) is 5.75 Å². The highest BCUT2D eigenvalue weighted by atomic mass is 16.5. The minimum Gasteiger partial charge on any atom is -0.495 e. The van der Waals surface area contributed by atoms with Crippen LogP contribution in [-0.4, -0.2) is 33.6 Å². The lowest BCUT2D eigenvalue weighted by molar-refractivity contribution is 0.0950.